The summed E-state index contributed by atoms with van der Waals surface area (Å²) < 4.78 is 16.6. The van der Waals surface area contributed by atoms with Gasteiger partial charge < -0.3 is 14.2 Å². The molecule has 0 spiro atoms. The number of methoxy groups -OCH3 is 1. The van der Waals surface area contributed by atoms with Crippen LogP contribution in [-0.2, 0) is 4.74 Å². The molecule has 110 valence electrons. The molecular formula is C18H20O3. The minimum absolute atomic E-state index is 0.0920. The van der Waals surface area contributed by atoms with Crippen LogP contribution in [0.5, 0.6) is 11.5 Å². The van der Waals surface area contributed by atoms with Gasteiger partial charge in [-0.3, -0.25) is 0 Å². The van der Waals surface area contributed by atoms with Crippen LogP contribution in [0.3, 0.4) is 0 Å². The molecule has 0 aliphatic carbocycles. The number of benzene rings is 2. The predicted molar refractivity (Wildman–Crippen MR) is 82.6 cm³/mol. The summed E-state index contributed by atoms with van der Waals surface area (Å²) in [6.07, 6.45) is 3.19. The highest BCUT2D eigenvalue weighted by molar-refractivity contribution is 5.64. The Labute approximate surface area is 125 Å². The van der Waals surface area contributed by atoms with E-state index < -0.39 is 0 Å². The predicted octanol–water partition coefficient (Wildman–Crippen LogP) is 4.27. The van der Waals surface area contributed by atoms with Crippen LogP contribution >= 0.6 is 0 Å². The smallest absolute Gasteiger partial charge is 0.199 e. The minimum Gasteiger partial charge on any atom is -0.497 e. The van der Waals surface area contributed by atoms with Crippen molar-refractivity contribution >= 4 is 0 Å². The zero-order valence-corrected chi connectivity index (χ0v) is 12.2. The van der Waals surface area contributed by atoms with Gasteiger partial charge in [0, 0.05) is 6.42 Å². The fraction of sp³-hybridized carbons (Fsp3) is 0.333. The van der Waals surface area contributed by atoms with Crippen LogP contribution in [0.2, 0.25) is 0 Å². The monoisotopic (exact) mass is 284 g/mol. The van der Waals surface area contributed by atoms with Crippen LogP contribution in [0, 0.1) is 0 Å². The van der Waals surface area contributed by atoms with Gasteiger partial charge in [0.15, 0.2) is 6.29 Å². The standard InChI is InChI=1S/C18H20O3/c1-19-16-9-5-14(6-10-16)15-7-11-17(12-8-15)21-18-4-2-3-13-20-18/h5-12,18H,2-4,13H2,1H3. The van der Waals surface area contributed by atoms with Crippen molar-refractivity contribution in [1.29, 1.82) is 0 Å². The van der Waals surface area contributed by atoms with Crippen molar-refractivity contribution in [1.82, 2.24) is 0 Å². The van der Waals surface area contributed by atoms with E-state index in [0.717, 1.165) is 42.1 Å². The van der Waals surface area contributed by atoms with E-state index in [-0.39, 0.29) is 6.29 Å². The summed E-state index contributed by atoms with van der Waals surface area (Å²) in [6.45, 7) is 0.800. The topological polar surface area (TPSA) is 27.7 Å². The normalized spacial score (nSPS) is 18.2. The molecule has 3 heteroatoms. The maximum atomic E-state index is 5.84. The fourth-order valence-electron chi connectivity index (χ4n) is 2.47. The average molecular weight is 284 g/mol. The Morgan fingerprint density at radius 3 is 2.00 bits per heavy atom. The lowest BCUT2D eigenvalue weighted by atomic mass is 10.1. The molecule has 1 saturated heterocycles. The lowest BCUT2D eigenvalue weighted by Crippen LogP contribution is -2.24. The van der Waals surface area contributed by atoms with Gasteiger partial charge in [-0.05, 0) is 48.2 Å². The molecule has 2 aromatic rings. The Bertz CT molecular complexity index is 554. The van der Waals surface area contributed by atoms with E-state index in [1.54, 1.807) is 7.11 Å². The van der Waals surface area contributed by atoms with Crippen LogP contribution in [0.15, 0.2) is 48.5 Å². The Morgan fingerprint density at radius 2 is 1.48 bits per heavy atom. The summed E-state index contributed by atoms with van der Waals surface area (Å²) in [7, 11) is 1.68. The van der Waals surface area contributed by atoms with E-state index in [2.05, 4.69) is 24.3 Å². The summed E-state index contributed by atoms with van der Waals surface area (Å²) in [6, 6.07) is 16.2. The molecule has 0 bridgehead atoms. The van der Waals surface area contributed by atoms with Crippen LogP contribution in [0.25, 0.3) is 11.1 Å². The Kier molecular flexibility index (Phi) is 4.41. The van der Waals surface area contributed by atoms with E-state index in [1.165, 1.54) is 6.42 Å². The molecule has 1 aliphatic rings. The van der Waals surface area contributed by atoms with E-state index in [0.29, 0.717) is 0 Å². The van der Waals surface area contributed by atoms with Gasteiger partial charge in [0.1, 0.15) is 11.5 Å². The summed E-state index contributed by atoms with van der Waals surface area (Å²) in [5.74, 6) is 1.73. The molecule has 0 N–H and O–H groups in total. The average Bonchev–Trinajstić information content (AvgIpc) is 2.57. The molecule has 3 nitrogen and oxygen atoms in total. The van der Waals surface area contributed by atoms with Crippen molar-refractivity contribution in [2.75, 3.05) is 13.7 Å². The van der Waals surface area contributed by atoms with Gasteiger partial charge in [-0.25, -0.2) is 0 Å². The second-order valence-electron chi connectivity index (χ2n) is 5.17. The summed E-state index contributed by atoms with van der Waals surface area (Å²) in [5, 5.41) is 0. The number of rotatable bonds is 4. The molecule has 21 heavy (non-hydrogen) atoms. The molecule has 0 radical (unpaired) electrons. The lowest BCUT2D eigenvalue weighted by Gasteiger charge is -2.23. The van der Waals surface area contributed by atoms with Crippen molar-refractivity contribution < 1.29 is 14.2 Å². The summed E-state index contributed by atoms with van der Waals surface area (Å²) in [5.41, 5.74) is 2.32. The van der Waals surface area contributed by atoms with Gasteiger partial charge in [0.05, 0.1) is 13.7 Å². The SMILES string of the molecule is COc1ccc(-c2ccc(OC3CCCCO3)cc2)cc1. The Hall–Kier alpha value is -2.00. The lowest BCUT2D eigenvalue weighted by molar-refractivity contribution is -0.105. The molecule has 1 atom stereocenters. The first kappa shape index (κ1) is 14.0. The van der Waals surface area contributed by atoms with Crippen LogP contribution in [0.4, 0.5) is 0 Å². The third-order valence-electron chi connectivity index (χ3n) is 3.68. The highest BCUT2D eigenvalue weighted by Crippen LogP contribution is 2.26. The van der Waals surface area contributed by atoms with Crippen molar-refractivity contribution in [3.05, 3.63) is 48.5 Å². The molecule has 0 aromatic heterocycles. The van der Waals surface area contributed by atoms with E-state index in [1.807, 2.05) is 24.3 Å². The molecule has 3 rings (SSSR count). The molecule has 1 unspecified atom stereocenters. The second kappa shape index (κ2) is 6.64. The Balaban J connectivity index is 1.67. The third-order valence-corrected chi connectivity index (χ3v) is 3.68. The maximum Gasteiger partial charge on any atom is 0.199 e. The van der Waals surface area contributed by atoms with Gasteiger partial charge in [0.2, 0.25) is 0 Å². The Morgan fingerprint density at radius 1 is 0.857 bits per heavy atom. The van der Waals surface area contributed by atoms with Crippen LogP contribution in [0.1, 0.15) is 19.3 Å². The van der Waals surface area contributed by atoms with Crippen molar-refractivity contribution in [2.24, 2.45) is 0 Å². The minimum atomic E-state index is -0.0920. The van der Waals surface area contributed by atoms with Crippen molar-refractivity contribution in [3.63, 3.8) is 0 Å². The first-order chi connectivity index (χ1) is 10.3. The van der Waals surface area contributed by atoms with Gasteiger partial charge >= 0.3 is 0 Å². The van der Waals surface area contributed by atoms with Crippen molar-refractivity contribution in [2.45, 2.75) is 25.6 Å². The molecule has 1 fully saturated rings. The van der Waals surface area contributed by atoms with Crippen LogP contribution in [-0.4, -0.2) is 20.0 Å². The molecule has 0 amide bonds. The zero-order valence-electron chi connectivity index (χ0n) is 12.2. The van der Waals surface area contributed by atoms with Crippen LogP contribution < -0.4 is 9.47 Å². The quantitative estimate of drug-likeness (QED) is 0.839. The fourth-order valence-corrected chi connectivity index (χ4v) is 2.47. The molecule has 2 aromatic carbocycles. The van der Waals surface area contributed by atoms with Gasteiger partial charge in [-0.1, -0.05) is 24.3 Å². The molecular weight excluding hydrogens is 264 g/mol. The molecule has 1 heterocycles. The van der Waals surface area contributed by atoms with E-state index in [4.69, 9.17) is 14.2 Å². The first-order valence-corrected chi connectivity index (χ1v) is 7.38. The van der Waals surface area contributed by atoms with Gasteiger partial charge in [0.25, 0.3) is 0 Å². The number of ether oxygens (including phenoxy) is 3. The van der Waals surface area contributed by atoms with E-state index in [9.17, 15) is 0 Å². The number of hydrogen-bond donors (Lipinski definition) is 0. The summed E-state index contributed by atoms with van der Waals surface area (Å²) in [4.78, 5) is 0. The maximum absolute atomic E-state index is 5.84. The van der Waals surface area contributed by atoms with Gasteiger partial charge in [-0.15, -0.1) is 0 Å². The van der Waals surface area contributed by atoms with Crippen molar-refractivity contribution in [3.8, 4) is 22.6 Å². The third kappa shape index (κ3) is 3.56. The highest BCUT2D eigenvalue weighted by Gasteiger charge is 2.14. The van der Waals surface area contributed by atoms with Gasteiger partial charge in [-0.2, -0.15) is 0 Å². The molecule has 1 aliphatic heterocycles. The first-order valence-electron chi connectivity index (χ1n) is 7.38. The highest BCUT2D eigenvalue weighted by atomic mass is 16.7. The zero-order chi connectivity index (χ0) is 14.5. The molecule has 0 saturated carbocycles. The summed E-state index contributed by atoms with van der Waals surface area (Å²) >= 11 is 0. The number of hydrogen-bond acceptors (Lipinski definition) is 3. The largest absolute Gasteiger partial charge is 0.497 e. The second-order valence-corrected chi connectivity index (χ2v) is 5.17. The van der Waals surface area contributed by atoms with E-state index >= 15 is 0 Å².